The largest absolute Gasteiger partial charge is 0.436 e. The summed E-state index contributed by atoms with van der Waals surface area (Å²) in [5.41, 5.74) is 3.50. The van der Waals surface area contributed by atoms with Crippen molar-refractivity contribution in [2.75, 3.05) is 5.32 Å². The molecule has 1 amide bonds. The van der Waals surface area contributed by atoms with Gasteiger partial charge >= 0.3 is 6.18 Å². The topological polar surface area (TPSA) is 55.1 Å². The number of alkyl halides is 3. The van der Waals surface area contributed by atoms with Crippen LogP contribution in [-0.2, 0) is 17.4 Å². The number of hydrogen-bond donors (Lipinski definition) is 1. The Bertz CT molecular complexity index is 1210. The lowest BCUT2D eigenvalue weighted by Gasteiger charge is -2.09. The van der Waals surface area contributed by atoms with E-state index in [4.69, 9.17) is 4.42 Å². The molecule has 0 aliphatic heterocycles. The molecule has 3 aromatic carbocycles. The van der Waals surface area contributed by atoms with E-state index in [0.717, 1.165) is 23.2 Å². The van der Waals surface area contributed by atoms with Gasteiger partial charge < -0.3 is 9.73 Å². The van der Waals surface area contributed by atoms with E-state index >= 15 is 0 Å². The number of halogens is 3. The minimum absolute atomic E-state index is 0.0372. The molecule has 4 rings (SSSR count). The lowest BCUT2D eigenvalue weighted by Crippen LogP contribution is -2.14. The minimum Gasteiger partial charge on any atom is -0.436 e. The molecule has 1 aromatic heterocycles. The van der Waals surface area contributed by atoms with Crippen molar-refractivity contribution in [1.82, 2.24) is 4.98 Å². The van der Waals surface area contributed by atoms with Gasteiger partial charge in [-0.2, -0.15) is 13.2 Å². The van der Waals surface area contributed by atoms with Gasteiger partial charge in [-0.15, -0.1) is 0 Å². The zero-order valence-electron chi connectivity index (χ0n) is 16.0. The van der Waals surface area contributed by atoms with Crippen LogP contribution in [0.2, 0.25) is 0 Å². The maximum Gasteiger partial charge on any atom is 0.416 e. The molecule has 30 heavy (non-hydrogen) atoms. The van der Waals surface area contributed by atoms with Gasteiger partial charge in [0, 0.05) is 11.3 Å². The fraction of sp³-hybridized carbons (Fsp3) is 0.130. The van der Waals surface area contributed by atoms with Crippen LogP contribution in [0.3, 0.4) is 0 Å². The monoisotopic (exact) mass is 410 g/mol. The molecule has 0 spiro atoms. The second-order valence-corrected chi connectivity index (χ2v) is 6.99. The highest BCUT2D eigenvalue weighted by Gasteiger charge is 2.29. The second kappa shape index (κ2) is 7.67. The standard InChI is InChI=1S/C23H17F3N2O2/c1-14-5-10-20-19(11-14)28-22(30-20)16-3-2-4-18(13-16)27-21(29)12-15-6-8-17(9-7-15)23(24,25)26/h2-11,13H,12H2,1H3,(H,27,29). The molecule has 0 bridgehead atoms. The van der Waals surface area contributed by atoms with Crippen LogP contribution in [0, 0.1) is 6.92 Å². The van der Waals surface area contributed by atoms with E-state index in [0.29, 0.717) is 28.3 Å². The zero-order chi connectivity index (χ0) is 21.3. The number of fused-ring (bicyclic) bond motifs is 1. The number of benzene rings is 3. The van der Waals surface area contributed by atoms with Crippen LogP contribution in [0.5, 0.6) is 0 Å². The molecule has 0 radical (unpaired) electrons. The van der Waals surface area contributed by atoms with Gasteiger partial charge in [-0.05, 0) is 60.5 Å². The van der Waals surface area contributed by atoms with E-state index in [-0.39, 0.29) is 12.3 Å². The number of aryl methyl sites for hydroxylation is 1. The van der Waals surface area contributed by atoms with Gasteiger partial charge in [-0.3, -0.25) is 4.79 Å². The molecule has 0 saturated carbocycles. The van der Waals surface area contributed by atoms with Crippen molar-refractivity contribution < 1.29 is 22.4 Å². The molecule has 0 unspecified atom stereocenters. The summed E-state index contributed by atoms with van der Waals surface area (Å²) in [5.74, 6) is 0.106. The second-order valence-electron chi connectivity index (χ2n) is 6.99. The van der Waals surface area contributed by atoms with Gasteiger partial charge in [0.25, 0.3) is 0 Å². The third kappa shape index (κ3) is 4.35. The fourth-order valence-corrected chi connectivity index (χ4v) is 3.09. The third-order valence-electron chi connectivity index (χ3n) is 4.58. The van der Waals surface area contributed by atoms with Crippen LogP contribution in [0.25, 0.3) is 22.6 Å². The number of nitrogens with zero attached hydrogens (tertiary/aromatic N) is 1. The fourth-order valence-electron chi connectivity index (χ4n) is 3.09. The number of carbonyl (C=O) groups is 1. The average molecular weight is 410 g/mol. The Morgan fingerprint density at radius 1 is 1.03 bits per heavy atom. The molecular formula is C23H17F3N2O2. The first-order valence-corrected chi connectivity index (χ1v) is 9.21. The van der Waals surface area contributed by atoms with Gasteiger partial charge in [0.1, 0.15) is 5.52 Å². The van der Waals surface area contributed by atoms with E-state index in [1.54, 1.807) is 18.2 Å². The van der Waals surface area contributed by atoms with Gasteiger partial charge in [0.05, 0.1) is 12.0 Å². The van der Waals surface area contributed by atoms with Gasteiger partial charge in [-0.1, -0.05) is 24.3 Å². The average Bonchev–Trinajstić information content (AvgIpc) is 3.11. The van der Waals surface area contributed by atoms with Crippen LogP contribution >= 0.6 is 0 Å². The molecule has 7 heteroatoms. The van der Waals surface area contributed by atoms with Crippen LogP contribution in [0.4, 0.5) is 18.9 Å². The molecule has 4 aromatic rings. The number of amides is 1. The zero-order valence-corrected chi connectivity index (χ0v) is 16.0. The molecular weight excluding hydrogens is 393 g/mol. The van der Waals surface area contributed by atoms with E-state index in [9.17, 15) is 18.0 Å². The highest BCUT2D eigenvalue weighted by atomic mass is 19.4. The van der Waals surface area contributed by atoms with E-state index in [2.05, 4.69) is 10.3 Å². The lowest BCUT2D eigenvalue weighted by atomic mass is 10.1. The Labute approximate surface area is 170 Å². The van der Waals surface area contributed by atoms with E-state index in [1.165, 1.54) is 12.1 Å². The quantitative estimate of drug-likeness (QED) is 0.449. The van der Waals surface area contributed by atoms with E-state index < -0.39 is 11.7 Å². The molecule has 0 saturated heterocycles. The summed E-state index contributed by atoms with van der Waals surface area (Å²) < 4.78 is 43.7. The molecule has 0 aliphatic carbocycles. The summed E-state index contributed by atoms with van der Waals surface area (Å²) >= 11 is 0. The lowest BCUT2D eigenvalue weighted by molar-refractivity contribution is -0.137. The summed E-state index contributed by atoms with van der Waals surface area (Å²) in [6.45, 7) is 1.97. The number of nitrogens with one attached hydrogen (secondary N) is 1. The van der Waals surface area contributed by atoms with Crippen molar-refractivity contribution >= 4 is 22.7 Å². The Morgan fingerprint density at radius 3 is 2.53 bits per heavy atom. The minimum atomic E-state index is -4.40. The molecule has 0 aliphatic rings. The van der Waals surface area contributed by atoms with Crippen molar-refractivity contribution in [2.45, 2.75) is 19.5 Å². The Balaban J connectivity index is 1.47. The number of carbonyl (C=O) groups excluding carboxylic acids is 1. The van der Waals surface area contributed by atoms with Crippen molar-refractivity contribution in [3.8, 4) is 11.5 Å². The SMILES string of the molecule is Cc1ccc2oc(-c3cccc(NC(=O)Cc4ccc(C(F)(F)F)cc4)c3)nc2c1. The molecule has 1 N–H and O–H groups in total. The van der Waals surface area contributed by atoms with Crippen LogP contribution in [0.15, 0.2) is 71.1 Å². The maximum atomic E-state index is 12.6. The Morgan fingerprint density at radius 2 is 1.80 bits per heavy atom. The molecule has 1 heterocycles. The number of hydrogen-bond acceptors (Lipinski definition) is 3. The van der Waals surface area contributed by atoms with Crippen LogP contribution in [-0.4, -0.2) is 10.9 Å². The summed E-state index contributed by atoms with van der Waals surface area (Å²) in [6.07, 6.45) is -4.44. The van der Waals surface area contributed by atoms with E-state index in [1.807, 2.05) is 31.2 Å². The van der Waals surface area contributed by atoms with Crippen molar-refractivity contribution in [3.05, 3.63) is 83.4 Å². The number of rotatable bonds is 4. The number of oxazole rings is 1. The molecule has 0 atom stereocenters. The molecule has 152 valence electrons. The first kappa shape index (κ1) is 19.7. The van der Waals surface area contributed by atoms with Gasteiger partial charge in [-0.25, -0.2) is 4.98 Å². The van der Waals surface area contributed by atoms with Crippen molar-refractivity contribution in [1.29, 1.82) is 0 Å². The highest BCUT2D eigenvalue weighted by Crippen LogP contribution is 2.29. The highest BCUT2D eigenvalue weighted by molar-refractivity contribution is 5.93. The Hall–Kier alpha value is -3.61. The number of anilines is 1. The van der Waals surface area contributed by atoms with Crippen molar-refractivity contribution in [3.63, 3.8) is 0 Å². The van der Waals surface area contributed by atoms with Gasteiger partial charge in [0.15, 0.2) is 5.58 Å². The third-order valence-corrected chi connectivity index (χ3v) is 4.58. The predicted molar refractivity (Wildman–Crippen MR) is 108 cm³/mol. The predicted octanol–water partition coefficient (Wildman–Crippen LogP) is 6.00. The summed E-state index contributed by atoms with van der Waals surface area (Å²) in [7, 11) is 0. The number of aromatic nitrogens is 1. The molecule has 0 fully saturated rings. The molecule has 4 nitrogen and oxygen atoms in total. The summed E-state index contributed by atoms with van der Waals surface area (Å²) in [6, 6.07) is 17.3. The first-order chi connectivity index (χ1) is 14.3. The maximum absolute atomic E-state index is 12.6. The smallest absolute Gasteiger partial charge is 0.416 e. The van der Waals surface area contributed by atoms with Gasteiger partial charge in [0.2, 0.25) is 11.8 Å². The van der Waals surface area contributed by atoms with Crippen LogP contribution < -0.4 is 5.32 Å². The van der Waals surface area contributed by atoms with Crippen LogP contribution in [0.1, 0.15) is 16.7 Å². The summed E-state index contributed by atoms with van der Waals surface area (Å²) in [5, 5.41) is 2.76. The summed E-state index contributed by atoms with van der Waals surface area (Å²) in [4.78, 5) is 16.8. The van der Waals surface area contributed by atoms with Crippen molar-refractivity contribution in [2.24, 2.45) is 0 Å². The Kier molecular flexibility index (Phi) is 5.03. The first-order valence-electron chi connectivity index (χ1n) is 9.21. The normalized spacial score (nSPS) is 11.6.